The average Bonchev–Trinajstić information content (AvgIpc) is 2.96. The summed E-state index contributed by atoms with van der Waals surface area (Å²) in [6.07, 6.45) is 0. The number of morpholine rings is 1. The zero-order valence-corrected chi connectivity index (χ0v) is 13.8. The van der Waals surface area contributed by atoms with Crippen LogP contribution in [0.2, 0.25) is 0 Å². The van der Waals surface area contributed by atoms with Gasteiger partial charge >= 0.3 is 6.03 Å². The smallest absolute Gasteiger partial charge is 0.317 e. The quantitative estimate of drug-likeness (QED) is 0.873. The molecule has 2 heterocycles. The van der Waals surface area contributed by atoms with Crippen molar-refractivity contribution in [3.05, 3.63) is 23.7 Å². The molecule has 1 aromatic rings. The third-order valence-corrected chi connectivity index (χ3v) is 4.07. The summed E-state index contributed by atoms with van der Waals surface area (Å²) in [6, 6.07) is 4.00. The maximum Gasteiger partial charge on any atom is 0.317 e. The molecule has 124 valence electrons. The first kappa shape index (κ1) is 16.8. The second-order valence-corrected chi connectivity index (χ2v) is 5.47. The van der Waals surface area contributed by atoms with E-state index in [0.717, 1.165) is 37.8 Å². The van der Waals surface area contributed by atoms with Gasteiger partial charge in [0.1, 0.15) is 11.5 Å². The van der Waals surface area contributed by atoms with Crippen LogP contribution in [-0.4, -0.2) is 61.8 Å². The summed E-state index contributed by atoms with van der Waals surface area (Å²) >= 11 is 0. The second-order valence-electron chi connectivity index (χ2n) is 5.47. The van der Waals surface area contributed by atoms with Crippen LogP contribution in [-0.2, 0) is 4.74 Å². The lowest BCUT2D eigenvalue weighted by Crippen LogP contribution is -2.46. The first-order valence-electron chi connectivity index (χ1n) is 8.06. The largest absolute Gasteiger partial charge is 0.465 e. The molecule has 1 saturated heterocycles. The number of nitrogens with one attached hydrogen (secondary N) is 1. The molecule has 0 spiro atoms. The third-order valence-electron chi connectivity index (χ3n) is 4.07. The Morgan fingerprint density at radius 3 is 2.55 bits per heavy atom. The summed E-state index contributed by atoms with van der Waals surface area (Å²) in [7, 11) is 0. The molecule has 0 bridgehead atoms. The van der Waals surface area contributed by atoms with E-state index in [1.165, 1.54) is 0 Å². The van der Waals surface area contributed by atoms with E-state index in [-0.39, 0.29) is 12.1 Å². The van der Waals surface area contributed by atoms with Crippen molar-refractivity contribution in [3.8, 4) is 0 Å². The van der Waals surface area contributed by atoms with E-state index >= 15 is 0 Å². The molecule has 1 unspecified atom stereocenters. The highest BCUT2D eigenvalue weighted by atomic mass is 16.5. The van der Waals surface area contributed by atoms with E-state index in [2.05, 4.69) is 10.2 Å². The molecule has 1 aliphatic heterocycles. The van der Waals surface area contributed by atoms with Crippen molar-refractivity contribution < 1.29 is 13.9 Å². The Morgan fingerprint density at radius 1 is 1.32 bits per heavy atom. The predicted octanol–water partition coefficient (Wildman–Crippen LogP) is 2.01. The van der Waals surface area contributed by atoms with E-state index in [1.807, 2.05) is 32.9 Å². The van der Waals surface area contributed by atoms with Gasteiger partial charge in [-0.1, -0.05) is 0 Å². The zero-order chi connectivity index (χ0) is 15.9. The molecule has 22 heavy (non-hydrogen) atoms. The predicted molar refractivity (Wildman–Crippen MR) is 84.9 cm³/mol. The van der Waals surface area contributed by atoms with Crippen molar-refractivity contribution in [1.29, 1.82) is 0 Å². The standard InChI is InChI=1S/C16H27N3O3/c1-4-18(5-2)16(20)17-12-14(15-7-6-13(3)22-15)19-8-10-21-11-9-19/h6-7,14H,4-5,8-12H2,1-3H3,(H,17,20). The number of nitrogens with zero attached hydrogens (tertiary/aromatic N) is 2. The number of amides is 2. The highest BCUT2D eigenvalue weighted by Gasteiger charge is 2.26. The molecule has 1 N–H and O–H groups in total. The van der Waals surface area contributed by atoms with Gasteiger partial charge in [0, 0.05) is 32.7 Å². The van der Waals surface area contributed by atoms with Gasteiger partial charge in [-0.05, 0) is 32.9 Å². The Hall–Kier alpha value is -1.53. The minimum atomic E-state index is -0.0217. The van der Waals surface area contributed by atoms with Gasteiger partial charge < -0.3 is 19.4 Å². The Balaban J connectivity index is 2.03. The van der Waals surface area contributed by atoms with Crippen LogP contribution < -0.4 is 5.32 Å². The van der Waals surface area contributed by atoms with Crippen LogP contribution in [0.4, 0.5) is 4.79 Å². The Morgan fingerprint density at radius 2 is 2.00 bits per heavy atom. The van der Waals surface area contributed by atoms with Crippen LogP contribution in [0.1, 0.15) is 31.4 Å². The molecule has 1 fully saturated rings. The van der Waals surface area contributed by atoms with Crippen LogP contribution in [0.3, 0.4) is 0 Å². The van der Waals surface area contributed by atoms with Crippen molar-refractivity contribution in [3.63, 3.8) is 0 Å². The summed E-state index contributed by atoms with van der Waals surface area (Å²) in [5.74, 6) is 1.79. The number of carbonyl (C=O) groups is 1. The normalized spacial score (nSPS) is 17.2. The number of hydrogen-bond donors (Lipinski definition) is 1. The number of rotatable bonds is 6. The average molecular weight is 309 g/mol. The number of hydrogen-bond acceptors (Lipinski definition) is 4. The fraction of sp³-hybridized carbons (Fsp3) is 0.688. The molecule has 1 aromatic heterocycles. The van der Waals surface area contributed by atoms with Gasteiger partial charge in [-0.25, -0.2) is 4.79 Å². The summed E-state index contributed by atoms with van der Waals surface area (Å²) < 4.78 is 11.2. The van der Waals surface area contributed by atoms with Gasteiger partial charge in [0.15, 0.2) is 0 Å². The molecule has 0 aliphatic carbocycles. The summed E-state index contributed by atoms with van der Waals surface area (Å²) in [5, 5.41) is 3.03. The van der Waals surface area contributed by atoms with Gasteiger partial charge in [0.2, 0.25) is 0 Å². The molecule has 0 saturated carbocycles. The summed E-state index contributed by atoms with van der Waals surface area (Å²) in [4.78, 5) is 16.3. The number of carbonyl (C=O) groups excluding carboxylic acids is 1. The van der Waals surface area contributed by atoms with Gasteiger partial charge in [0.25, 0.3) is 0 Å². The monoisotopic (exact) mass is 309 g/mol. The number of ether oxygens (including phenoxy) is 1. The maximum absolute atomic E-state index is 12.2. The van der Waals surface area contributed by atoms with Crippen molar-refractivity contribution in [2.75, 3.05) is 45.9 Å². The molecular weight excluding hydrogens is 282 g/mol. The molecule has 6 heteroatoms. The molecule has 2 amide bonds. The highest BCUT2D eigenvalue weighted by molar-refractivity contribution is 5.74. The van der Waals surface area contributed by atoms with E-state index in [9.17, 15) is 4.79 Å². The van der Waals surface area contributed by atoms with Gasteiger partial charge in [0.05, 0.1) is 19.3 Å². The fourth-order valence-electron chi connectivity index (χ4n) is 2.74. The number of urea groups is 1. The van der Waals surface area contributed by atoms with Crippen LogP contribution in [0.25, 0.3) is 0 Å². The first-order chi connectivity index (χ1) is 10.7. The van der Waals surface area contributed by atoms with E-state index in [0.29, 0.717) is 19.6 Å². The second kappa shape index (κ2) is 8.19. The molecule has 2 rings (SSSR count). The van der Waals surface area contributed by atoms with Crippen LogP contribution in [0.5, 0.6) is 0 Å². The minimum Gasteiger partial charge on any atom is -0.465 e. The minimum absolute atomic E-state index is 0.0217. The Kier molecular flexibility index (Phi) is 6.27. The number of furan rings is 1. The van der Waals surface area contributed by atoms with Crippen molar-refractivity contribution in [1.82, 2.24) is 15.1 Å². The van der Waals surface area contributed by atoms with Crippen LogP contribution in [0.15, 0.2) is 16.5 Å². The van der Waals surface area contributed by atoms with E-state index < -0.39 is 0 Å². The van der Waals surface area contributed by atoms with Crippen molar-refractivity contribution >= 4 is 6.03 Å². The van der Waals surface area contributed by atoms with E-state index in [4.69, 9.17) is 9.15 Å². The topological polar surface area (TPSA) is 58.0 Å². The highest BCUT2D eigenvalue weighted by Crippen LogP contribution is 2.23. The molecule has 1 atom stereocenters. The summed E-state index contributed by atoms with van der Waals surface area (Å²) in [5.41, 5.74) is 0. The SMILES string of the molecule is CCN(CC)C(=O)NCC(c1ccc(C)o1)N1CCOCC1. The lowest BCUT2D eigenvalue weighted by Gasteiger charge is -2.33. The first-order valence-corrected chi connectivity index (χ1v) is 8.06. The van der Waals surface area contributed by atoms with Gasteiger partial charge in [-0.3, -0.25) is 4.90 Å². The fourth-order valence-corrected chi connectivity index (χ4v) is 2.74. The Labute approximate surface area is 132 Å². The molecule has 6 nitrogen and oxygen atoms in total. The van der Waals surface area contributed by atoms with Crippen LogP contribution >= 0.6 is 0 Å². The van der Waals surface area contributed by atoms with Crippen molar-refractivity contribution in [2.24, 2.45) is 0 Å². The zero-order valence-electron chi connectivity index (χ0n) is 13.8. The lowest BCUT2D eigenvalue weighted by molar-refractivity contribution is 0.0119. The van der Waals surface area contributed by atoms with Gasteiger partial charge in [-0.2, -0.15) is 0 Å². The number of aryl methyl sites for hydroxylation is 1. The maximum atomic E-state index is 12.2. The van der Waals surface area contributed by atoms with E-state index in [1.54, 1.807) is 4.90 Å². The third kappa shape index (κ3) is 4.24. The molecule has 0 radical (unpaired) electrons. The Bertz CT molecular complexity index is 465. The molecule has 1 aliphatic rings. The summed E-state index contributed by atoms with van der Waals surface area (Å²) in [6.45, 7) is 11.0. The van der Waals surface area contributed by atoms with Crippen LogP contribution in [0, 0.1) is 6.92 Å². The molecule has 0 aromatic carbocycles. The van der Waals surface area contributed by atoms with Crippen molar-refractivity contribution in [2.45, 2.75) is 26.8 Å². The lowest BCUT2D eigenvalue weighted by atomic mass is 10.1. The van der Waals surface area contributed by atoms with Gasteiger partial charge in [-0.15, -0.1) is 0 Å². The molecular formula is C16H27N3O3.